The Kier molecular flexibility index (Phi) is 4.72. The number of anilines is 1. The second-order valence-corrected chi connectivity index (χ2v) is 8.24. The molecule has 10 heteroatoms. The van der Waals surface area contributed by atoms with E-state index in [2.05, 4.69) is 25.3 Å². The van der Waals surface area contributed by atoms with Gasteiger partial charge in [-0.15, -0.1) is 0 Å². The highest BCUT2D eigenvalue weighted by Gasteiger charge is 2.28. The number of imidazole rings is 1. The molecule has 0 amide bonds. The van der Waals surface area contributed by atoms with Gasteiger partial charge in [-0.1, -0.05) is 37.3 Å². The number of rotatable bonds is 5. The van der Waals surface area contributed by atoms with Crippen molar-refractivity contribution in [3.05, 3.63) is 88.2 Å². The second kappa shape index (κ2) is 7.91. The van der Waals surface area contributed by atoms with Crippen LogP contribution in [0.25, 0.3) is 22.1 Å². The summed E-state index contributed by atoms with van der Waals surface area (Å²) in [4.78, 5) is 34.3. The van der Waals surface area contributed by atoms with Gasteiger partial charge in [-0.05, 0) is 29.7 Å². The molecule has 1 aliphatic heterocycles. The Morgan fingerprint density at radius 1 is 1.09 bits per heavy atom. The summed E-state index contributed by atoms with van der Waals surface area (Å²) in [5.74, 6) is 0.465. The number of hydrogen-bond acceptors (Lipinski definition) is 7. The summed E-state index contributed by atoms with van der Waals surface area (Å²) < 4.78 is 16.3. The van der Waals surface area contributed by atoms with Gasteiger partial charge in [0.05, 0.1) is 31.0 Å². The van der Waals surface area contributed by atoms with E-state index in [0.717, 1.165) is 11.1 Å². The fourth-order valence-corrected chi connectivity index (χ4v) is 4.54. The van der Waals surface area contributed by atoms with E-state index in [9.17, 15) is 9.18 Å². The molecule has 0 bridgehead atoms. The first-order chi connectivity index (χ1) is 16.6. The van der Waals surface area contributed by atoms with Gasteiger partial charge in [0, 0.05) is 0 Å². The molecule has 34 heavy (non-hydrogen) atoms. The van der Waals surface area contributed by atoms with E-state index in [0.29, 0.717) is 47.8 Å². The highest BCUT2D eigenvalue weighted by atomic mass is 19.1. The summed E-state index contributed by atoms with van der Waals surface area (Å²) in [6, 6.07) is 12.2. The van der Waals surface area contributed by atoms with E-state index in [1.54, 1.807) is 18.5 Å². The third-order valence-electron chi connectivity index (χ3n) is 6.21. The molecule has 4 heterocycles. The van der Waals surface area contributed by atoms with Gasteiger partial charge in [0.25, 0.3) is 5.56 Å². The lowest BCUT2D eigenvalue weighted by Gasteiger charge is -2.28. The van der Waals surface area contributed by atoms with Gasteiger partial charge in [-0.2, -0.15) is 0 Å². The number of halogens is 1. The standard InChI is InChI=1S/C24H21FN8O/c1-2-17(30-22-20-21(27-12-26-20)28-13-29-22)23-31-18-9-5-8-16(25)19(18)24(34)33(23)32-10-14-6-3-4-7-15(14)11-32/h3-9,12-13,17H,2,10-11H2,1H3,(H2,26,27,28,29,30)/t17-/m0/s1. The summed E-state index contributed by atoms with van der Waals surface area (Å²) in [6.45, 7) is 3.05. The van der Waals surface area contributed by atoms with Crippen molar-refractivity contribution in [2.45, 2.75) is 32.5 Å². The molecule has 0 aliphatic carbocycles. The molecule has 5 aromatic rings. The molecule has 0 saturated heterocycles. The van der Waals surface area contributed by atoms with E-state index in [1.165, 1.54) is 17.1 Å². The van der Waals surface area contributed by atoms with Gasteiger partial charge >= 0.3 is 0 Å². The average molecular weight is 456 g/mol. The Morgan fingerprint density at radius 3 is 2.65 bits per heavy atom. The first-order valence-electron chi connectivity index (χ1n) is 11.1. The third-order valence-corrected chi connectivity index (χ3v) is 6.21. The van der Waals surface area contributed by atoms with Crippen LogP contribution in [-0.4, -0.2) is 29.6 Å². The quantitative estimate of drug-likeness (QED) is 0.418. The average Bonchev–Trinajstić information content (AvgIpc) is 3.49. The minimum atomic E-state index is -0.581. The number of benzene rings is 2. The number of nitrogens with one attached hydrogen (secondary N) is 2. The van der Waals surface area contributed by atoms with Crippen molar-refractivity contribution in [1.82, 2.24) is 29.6 Å². The van der Waals surface area contributed by atoms with Crippen molar-refractivity contribution in [3.63, 3.8) is 0 Å². The molecule has 3 aromatic heterocycles. The number of aromatic nitrogens is 6. The number of fused-ring (bicyclic) bond motifs is 3. The Balaban J connectivity index is 1.52. The maximum absolute atomic E-state index is 14.8. The highest BCUT2D eigenvalue weighted by Crippen LogP contribution is 2.27. The van der Waals surface area contributed by atoms with Crippen LogP contribution in [0.3, 0.4) is 0 Å². The zero-order valence-corrected chi connectivity index (χ0v) is 18.4. The summed E-state index contributed by atoms with van der Waals surface area (Å²) in [5.41, 5.74) is 3.35. The summed E-state index contributed by atoms with van der Waals surface area (Å²) in [5, 5.41) is 5.30. The molecule has 0 unspecified atom stereocenters. The van der Waals surface area contributed by atoms with Gasteiger partial charge in [0.15, 0.2) is 17.3 Å². The van der Waals surface area contributed by atoms with Gasteiger partial charge < -0.3 is 10.3 Å². The van der Waals surface area contributed by atoms with E-state index in [-0.39, 0.29) is 11.4 Å². The van der Waals surface area contributed by atoms with Crippen LogP contribution in [0, 0.1) is 5.82 Å². The molecular weight excluding hydrogens is 435 g/mol. The first-order valence-corrected chi connectivity index (χ1v) is 11.1. The number of aromatic amines is 1. The lowest BCUT2D eigenvalue weighted by Crippen LogP contribution is -2.43. The fourth-order valence-electron chi connectivity index (χ4n) is 4.54. The van der Waals surface area contributed by atoms with Crippen molar-refractivity contribution in [3.8, 4) is 0 Å². The van der Waals surface area contributed by atoms with Crippen LogP contribution in [0.4, 0.5) is 10.2 Å². The zero-order chi connectivity index (χ0) is 23.2. The Labute approximate surface area is 193 Å². The molecule has 0 radical (unpaired) electrons. The van der Waals surface area contributed by atoms with Crippen molar-refractivity contribution < 1.29 is 4.39 Å². The highest BCUT2D eigenvalue weighted by molar-refractivity contribution is 5.82. The molecule has 170 valence electrons. The monoisotopic (exact) mass is 456 g/mol. The van der Waals surface area contributed by atoms with Crippen LogP contribution in [0.15, 0.2) is 59.9 Å². The largest absolute Gasteiger partial charge is 0.358 e. The third kappa shape index (κ3) is 3.18. The predicted octanol–water partition coefficient (Wildman–Crippen LogP) is 3.42. The second-order valence-electron chi connectivity index (χ2n) is 8.24. The molecule has 1 aliphatic rings. The van der Waals surface area contributed by atoms with Crippen LogP contribution in [0.2, 0.25) is 0 Å². The topological polar surface area (TPSA) is 105 Å². The van der Waals surface area contributed by atoms with Crippen molar-refractivity contribution in [1.29, 1.82) is 0 Å². The molecule has 0 spiro atoms. The Morgan fingerprint density at radius 2 is 1.88 bits per heavy atom. The van der Waals surface area contributed by atoms with E-state index in [1.807, 2.05) is 36.2 Å². The van der Waals surface area contributed by atoms with Crippen LogP contribution in [0.5, 0.6) is 0 Å². The zero-order valence-electron chi connectivity index (χ0n) is 18.4. The number of nitrogens with zero attached hydrogens (tertiary/aromatic N) is 6. The smallest absolute Gasteiger partial charge is 0.283 e. The minimum absolute atomic E-state index is 0.0185. The first kappa shape index (κ1) is 20.3. The van der Waals surface area contributed by atoms with Gasteiger partial charge in [0.1, 0.15) is 23.0 Å². The minimum Gasteiger partial charge on any atom is -0.358 e. The van der Waals surface area contributed by atoms with E-state index in [4.69, 9.17) is 4.98 Å². The van der Waals surface area contributed by atoms with Crippen molar-refractivity contribution in [2.24, 2.45) is 0 Å². The maximum Gasteiger partial charge on any atom is 0.283 e. The van der Waals surface area contributed by atoms with E-state index >= 15 is 0 Å². The van der Waals surface area contributed by atoms with Crippen LogP contribution < -0.4 is 15.9 Å². The maximum atomic E-state index is 14.8. The Hall–Kier alpha value is -4.34. The molecule has 0 saturated carbocycles. The fraction of sp³-hybridized carbons (Fsp3) is 0.208. The number of hydrogen-bond donors (Lipinski definition) is 2. The summed E-state index contributed by atoms with van der Waals surface area (Å²) in [7, 11) is 0. The van der Waals surface area contributed by atoms with Gasteiger partial charge in [-0.25, -0.2) is 29.0 Å². The molecule has 2 aromatic carbocycles. The molecule has 1 atom stereocenters. The molecular formula is C24H21FN8O. The predicted molar refractivity (Wildman–Crippen MR) is 126 cm³/mol. The normalized spacial score (nSPS) is 14.0. The van der Waals surface area contributed by atoms with Crippen molar-refractivity contribution in [2.75, 3.05) is 10.3 Å². The Bertz CT molecular complexity index is 1570. The SMILES string of the molecule is CC[C@H](Nc1ncnc2nc[nH]c12)c1nc2cccc(F)c2c(=O)n1N1Cc2ccccc2C1. The van der Waals surface area contributed by atoms with Crippen molar-refractivity contribution >= 4 is 27.9 Å². The van der Waals surface area contributed by atoms with Crippen LogP contribution in [-0.2, 0) is 13.1 Å². The van der Waals surface area contributed by atoms with Crippen LogP contribution in [0.1, 0.15) is 36.3 Å². The van der Waals surface area contributed by atoms with Crippen LogP contribution >= 0.6 is 0 Å². The van der Waals surface area contributed by atoms with E-state index < -0.39 is 11.4 Å². The van der Waals surface area contributed by atoms with Gasteiger partial charge in [-0.3, -0.25) is 9.80 Å². The summed E-state index contributed by atoms with van der Waals surface area (Å²) >= 11 is 0. The molecule has 0 fully saturated rings. The van der Waals surface area contributed by atoms with Gasteiger partial charge in [0.2, 0.25) is 0 Å². The number of H-pyrrole nitrogens is 1. The summed E-state index contributed by atoms with van der Waals surface area (Å²) in [6.07, 6.45) is 3.60. The lowest BCUT2D eigenvalue weighted by atomic mass is 10.1. The molecule has 6 rings (SSSR count). The molecule has 9 nitrogen and oxygen atoms in total. The molecule has 2 N–H and O–H groups in total. The lowest BCUT2D eigenvalue weighted by molar-refractivity contribution is 0.522.